The van der Waals surface area contributed by atoms with Crippen molar-refractivity contribution in [3.8, 4) is 0 Å². The lowest BCUT2D eigenvalue weighted by Crippen LogP contribution is -2.37. The van der Waals surface area contributed by atoms with Gasteiger partial charge in [-0.15, -0.1) is 0 Å². The summed E-state index contributed by atoms with van der Waals surface area (Å²) in [5.41, 5.74) is 3.29. The molecule has 3 heterocycles. The second-order valence-corrected chi connectivity index (χ2v) is 7.06. The molecule has 0 bridgehead atoms. The average molecular weight is 355 g/mol. The van der Waals surface area contributed by atoms with E-state index in [0.29, 0.717) is 6.42 Å². The number of fused-ring (bicyclic) bond motifs is 1. The molecular weight excluding hydrogens is 330 g/mol. The number of nitrogens with zero attached hydrogens (tertiary/aromatic N) is 4. The maximum absolute atomic E-state index is 12.8. The SMILES string of the molecule is CO[C@@H]1CN(CCC(=O)N2CCCc3ccccc32)C[C@H]1c1cn[nH]n1. The standard InChI is InChI=1S/C19H25N5O2/c1-26-18-13-23(12-15(18)16-11-20-22-21-16)10-8-19(25)24-9-4-6-14-5-2-3-7-17(14)24/h2-3,5,7,11,15,18H,4,6,8-10,12-13H2,1H3,(H,20,21,22)/t15-,18+/m0/s1. The molecule has 1 aromatic heterocycles. The molecular formula is C19H25N5O2. The van der Waals surface area contributed by atoms with Crippen molar-refractivity contribution in [2.45, 2.75) is 31.3 Å². The number of para-hydroxylation sites is 1. The molecule has 1 saturated heterocycles. The fraction of sp³-hybridized carbons (Fsp3) is 0.526. The van der Waals surface area contributed by atoms with Gasteiger partial charge in [-0.05, 0) is 24.5 Å². The summed E-state index contributed by atoms with van der Waals surface area (Å²) in [7, 11) is 1.73. The third-order valence-electron chi connectivity index (χ3n) is 5.51. The third kappa shape index (κ3) is 3.37. The number of likely N-dealkylation sites (tertiary alicyclic amines) is 1. The lowest BCUT2D eigenvalue weighted by molar-refractivity contribution is -0.119. The van der Waals surface area contributed by atoms with Crippen molar-refractivity contribution in [3.63, 3.8) is 0 Å². The summed E-state index contributed by atoms with van der Waals surface area (Å²) < 4.78 is 5.63. The summed E-state index contributed by atoms with van der Waals surface area (Å²) in [4.78, 5) is 17.1. The molecule has 0 aliphatic carbocycles. The number of aromatic nitrogens is 3. The van der Waals surface area contributed by atoms with E-state index in [2.05, 4.69) is 32.4 Å². The number of nitrogens with one attached hydrogen (secondary N) is 1. The van der Waals surface area contributed by atoms with Crippen LogP contribution in [-0.2, 0) is 16.0 Å². The molecule has 2 aliphatic rings. The highest BCUT2D eigenvalue weighted by atomic mass is 16.5. The topological polar surface area (TPSA) is 74.3 Å². The first-order chi connectivity index (χ1) is 12.8. The lowest BCUT2D eigenvalue weighted by atomic mass is 10.0. The highest BCUT2D eigenvalue weighted by Gasteiger charge is 2.35. The highest BCUT2D eigenvalue weighted by Crippen LogP contribution is 2.29. The molecule has 26 heavy (non-hydrogen) atoms. The molecule has 1 amide bonds. The van der Waals surface area contributed by atoms with Crippen LogP contribution in [0.25, 0.3) is 0 Å². The predicted molar refractivity (Wildman–Crippen MR) is 98.1 cm³/mol. The number of methoxy groups -OCH3 is 1. The van der Waals surface area contributed by atoms with Gasteiger partial charge in [-0.1, -0.05) is 18.2 Å². The Morgan fingerprint density at radius 1 is 1.35 bits per heavy atom. The Bertz CT molecular complexity index is 748. The Balaban J connectivity index is 1.37. The van der Waals surface area contributed by atoms with Gasteiger partial charge in [0.25, 0.3) is 0 Å². The van der Waals surface area contributed by atoms with Gasteiger partial charge in [0, 0.05) is 51.3 Å². The zero-order valence-corrected chi connectivity index (χ0v) is 15.1. The minimum Gasteiger partial charge on any atom is -0.379 e. The first kappa shape index (κ1) is 17.2. The van der Waals surface area contributed by atoms with Gasteiger partial charge < -0.3 is 9.64 Å². The summed E-state index contributed by atoms with van der Waals surface area (Å²) in [5.74, 6) is 0.403. The molecule has 0 radical (unpaired) electrons. The molecule has 2 aromatic rings. The number of amides is 1. The number of carbonyl (C=O) groups excluding carboxylic acids is 1. The van der Waals surface area contributed by atoms with Crippen molar-refractivity contribution in [1.82, 2.24) is 20.3 Å². The monoisotopic (exact) mass is 355 g/mol. The summed E-state index contributed by atoms with van der Waals surface area (Å²) >= 11 is 0. The number of ether oxygens (including phenoxy) is 1. The van der Waals surface area contributed by atoms with Gasteiger partial charge in [0.1, 0.15) is 0 Å². The minimum absolute atomic E-state index is 0.0888. The summed E-state index contributed by atoms with van der Waals surface area (Å²) in [6, 6.07) is 8.24. The second-order valence-electron chi connectivity index (χ2n) is 7.06. The van der Waals surface area contributed by atoms with Gasteiger partial charge in [0.15, 0.2) is 0 Å². The molecule has 0 spiro atoms. The second kappa shape index (κ2) is 7.55. The smallest absolute Gasteiger partial charge is 0.228 e. The number of hydrogen-bond donors (Lipinski definition) is 1. The van der Waals surface area contributed by atoms with Gasteiger partial charge in [-0.2, -0.15) is 15.4 Å². The van der Waals surface area contributed by atoms with Crippen LogP contribution in [0.2, 0.25) is 0 Å². The maximum Gasteiger partial charge on any atom is 0.228 e. The highest BCUT2D eigenvalue weighted by molar-refractivity contribution is 5.94. The molecule has 7 heteroatoms. The zero-order valence-electron chi connectivity index (χ0n) is 15.1. The number of carbonyl (C=O) groups is 1. The molecule has 1 fully saturated rings. The Morgan fingerprint density at radius 3 is 3.04 bits per heavy atom. The van der Waals surface area contributed by atoms with E-state index in [1.54, 1.807) is 13.3 Å². The van der Waals surface area contributed by atoms with E-state index < -0.39 is 0 Å². The van der Waals surface area contributed by atoms with Crippen LogP contribution in [0.5, 0.6) is 0 Å². The van der Waals surface area contributed by atoms with E-state index in [-0.39, 0.29) is 17.9 Å². The van der Waals surface area contributed by atoms with Crippen LogP contribution in [0.3, 0.4) is 0 Å². The molecule has 1 N–H and O–H groups in total. The van der Waals surface area contributed by atoms with Crippen molar-refractivity contribution in [3.05, 3.63) is 41.7 Å². The van der Waals surface area contributed by atoms with Gasteiger partial charge in [0.05, 0.1) is 18.0 Å². The molecule has 0 unspecified atom stereocenters. The first-order valence-electron chi connectivity index (χ1n) is 9.25. The Labute approximate surface area is 153 Å². The first-order valence-corrected chi connectivity index (χ1v) is 9.25. The molecule has 2 aliphatic heterocycles. The van der Waals surface area contributed by atoms with Gasteiger partial charge in [0.2, 0.25) is 5.91 Å². The number of anilines is 1. The summed E-state index contributed by atoms with van der Waals surface area (Å²) in [6.07, 6.45) is 4.46. The van der Waals surface area contributed by atoms with Crippen molar-refractivity contribution in [2.75, 3.05) is 38.2 Å². The Morgan fingerprint density at radius 2 is 2.23 bits per heavy atom. The van der Waals surface area contributed by atoms with E-state index in [1.807, 2.05) is 17.0 Å². The normalized spacial score (nSPS) is 23.2. The molecule has 0 saturated carbocycles. The number of hydrogen-bond acceptors (Lipinski definition) is 5. The van der Waals surface area contributed by atoms with E-state index in [9.17, 15) is 4.79 Å². The number of rotatable bonds is 5. The van der Waals surface area contributed by atoms with Crippen LogP contribution in [0.1, 0.15) is 30.0 Å². The largest absolute Gasteiger partial charge is 0.379 e. The lowest BCUT2D eigenvalue weighted by Gasteiger charge is -2.30. The molecule has 138 valence electrons. The van der Waals surface area contributed by atoms with E-state index in [4.69, 9.17) is 4.74 Å². The minimum atomic E-state index is 0.0888. The molecule has 1 aromatic carbocycles. The summed E-state index contributed by atoms with van der Waals surface area (Å²) in [5, 5.41) is 10.8. The van der Waals surface area contributed by atoms with E-state index in [0.717, 1.165) is 50.4 Å². The van der Waals surface area contributed by atoms with Crippen LogP contribution in [-0.4, -0.2) is 65.6 Å². The zero-order chi connectivity index (χ0) is 17.9. The van der Waals surface area contributed by atoms with Crippen molar-refractivity contribution in [2.24, 2.45) is 0 Å². The predicted octanol–water partition coefficient (Wildman–Crippen LogP) is 1.59. The molecule has 7 nitrogen and oxygen atoms in total. The number of aryl methyl sites for hydroxylation is 1. The van der Waals surface area contributed by atoms with Crippen molar-refractivity contribution >= 4 is 11.6 Å². The van der Waals surface area contributed by atoms with Gasteiger partial charge >= 0.3 is 0 Å². The average Bonchev–Trinajstić information content (AvgIpc) is 3.34. The fourth-order valence-corrected chi connectivity index (χ4v) is 4.13. The number of benzene rings is 1. The quantitative estimate of drug-likeness (QED) is 0.882. The van der Waals surface area contributed by atoms with E-state index in [1.165, 1.54) is 5.56 Å². The van der Waals surface area contributed by atoms with Crippen LogP contribution in [0.15, 0.2) is 30.5 Å². The maximum atomic E-state index is 12.8. The van der Waals surface area contributed by atoms with Crippen molar-refractivity contribution < 1.29 is 9.53 Å². The van der Waals surface area contributed by atoms with Crippen LogP contribution >= 0.6 is 0 Å². The third-order valence-corrected chi connectivity index (χ3v) is 5.51. The molecule has 2 atom stereocenters. The number of H-pyrrole nitrogens is 1. The Kier molecular flexibility index (Phi) is 4.99. The van der Waals surface area contributed by atoms with Crippen LogP contribution in [0.4, 0.5) is 5.69 Å². The van der Waals surface area contributed by atoms with Gasteiger partial charge in [-0.25, -0.2) is 0 Å². The Hall–Kier alpha value is -2.25. The van der Waals surface area contributed by atoms with Gasteiger partial charge in [-0.3, -0.25) is 9.69 Å². The van der Waals surface area contributed by atoms with Crippen molar-refractivity contribution in [1.29, 1.82) is 0 Å². The summed E-state index contributed by atoms with van der Waals surface area (Å²) in [6.45, 7) is 3.22. The number of aromatic amines is 1. The molecule has 4 rings (SSSR count). The van der Waals surface area contributed by atoms with E-state index >= 15 is 0 Å². The van der Waals surface area contributed by atoms with Crippen LogP contribution < -0.4 is 4.90 Å². The fourth-order valence-electron chi connectivity index (χ4n) is 4.13. The van der Waals surface area contributed by atoms with Crippen LogP contribution in [0, 0.1) is 0 Å².